The van der Waals surface area contributed by atoms with Gasteiger partial charge in [0, 0.05) is 41.9 Å². The van der Waals surface area contributed by atoms with Crippen molar-refractivity contribution in [2.24, 2.45) is 5.73 Å². The lowest BCUT2D eigenvalue weighted by Gasteiger charge is -2.28. The minimum absolute atomic E-state index is 0.0492. The van der Waals surface area contributed by atoms with Crippen molar-refractivity contribution in [1.82, 2.24) is 4.98 Å². The maximum absolute atomic E-state index is 6.59. The molecule has 0 saturated carbocycles. The van der Waals surface area contributed by atoms with Crippen molar-refractivity contribution in [2.75, 3.05) is 11.4 Å². The third kappa shape index (κ3) is 4.21. The molecule has 3 heteroatoms. The summed E-state index contributed by atoms with van der Waals surface area (Å²) in [5.41, 5.74) is 11.5. The summed E-state index contributed by atoms with van der Waals surface area (Å²) < 4.78 is 0. The molecule has 0 bridgehead atoms. The number of aromatic nitrogens is 1. The van der Waals surface area contributed by atoms with Crippen LogP contribution in [0.15, 0.2) is 91.1 Å². The van der Waals surface area contributed by atoms with Crippen LogP contribution in [-0.4, -0.2) is 17.6 Å². The molecular formula is C24H25N3. The summed E-state index contributed by atoms with van der Waals surface area (Å²) >= 11 is 0. The van der Waals surface area contributed by atoms with E-state index in [1.54, 1.807) is 0 Å². The topological polar surface area (TPSA) is 45.1 Å². The van der Waals surface area contributed by atoms with E-state index in [9.17, 15) is 0 Å². The van der Waals surface area contributed by atoms with Crippen LogP contribution in [0.1, 0.15) is 11.1 Å². The Labute approximate surface area is 160 Å². The first-order valence-electron chi connectivity index (χ1n) is 9.44. The molecule has 1 aromatic heterocycles. The number of para-hydroxylation sites is 2. The number of H-pyrrole nitrogens is 1. The molecule has 0 saturated heterocycles. The normalized spacial score (nSPS) is 12.2. The van der Waals surface area contributed by atoms with Crippen molar-refractivity contribution in [1.29, 1.82) is 0 Å². The zero-order chi connectivity index (χ0) is 18.5. The van der Waals surface area contributed by atoms with E-state index in [0.717, 1.165) is 19.5 Å². The molecule has 4 aromatic rings. The molecule has 3 aromatic carbocycles. The molecule has 0 fully saturated rings. The van der Waals surface area contributed by atoms with Crippen LogP contribution >= 0.6 is 0 Å². The number of hydrogen-bond donors (Lipinski definition) is 2. The van der Waals surface area contributed by atoms with Gasteiger partial charge in [0.05, 0.1) is 0 Å². The fraction of sp³-hybridized carbons (Fsp3) is 0.167. The Kier molecular flexibility index (Phi) is 5.22. The summed E-state index contributed by atoms with van der Waals surface area (Å²) in [6.45, 7) is 1.66. The molecule has 0 unspecified atom stereocenters. The number of aromatic amines is 1. The zero-order valence-corrected chi connectivity index (χ0v) is 15.4. The number of anilines is 1. The third-order valence-corrected chi connectivity index (χ3v) is 4.95. The standard InChI is InChI=1S/C24H25N3/c25-21(15-20-16-26-24-14-8-7-13-23(20)24)18-27(22-11-5-2-6-12-22)17-19-9-3-1-4-10-19/h1-14,16,21,26H,15,17-18,25H2/t21-/m0/s1. The molecule has 0 aliphatic heterocycles. The number of benzene rings is 3. The molecular weight excluding hydrogens is 330 g/mol. The predicted octanol–water partition coefficient (Wildman–Crippen LogP) is 4.74. The van der Waals surface area contributed by atoms with Crippen LogP contribution in [0.4, 0.5) is 5.69 Å². The lowest BCUT2D eigenvalue weighted by Crippen LogP contribution is -2.38. The summed E-state index contributed by atoms with van der Waals surface area (Å²) in [6, 6.07) is 29.5. The van der Waals surface area contributed by atoms with E-state index in [1.165, 1.54) is 27.7 Å². The smallest absolute Gasteiger partial charge is 0.0456 e. The maximum Gasteiger partial charge on any atom is 0.0456 e. The van der Waals surface area contributed by atoms with E-state index in [0.29, 0.717) is 0 Å². The summed E-state index contributed by atoms with van der Waals surface area (Å²) in [6.07, 6.45) is 2.94. The van der Waals surface area contributed by atoms with Gasteiger partial charge in [-0.1, -0.05) is 66.7 Å². The van der Waals surface area contributed by atoms with Gasteiger partial charge >= 0.3 is 0 Å². The summed E-state index contributed by atoms with van der Waals surface area (Å²) in [5.74, 6) is 0. The van der Waals surface area contributed by atoms with Crippen molar-refractivity contribution in [3.05, 3.63) is 102 Å². The van der Waals surface area contributed by atoms with Gasteiger partial charge in [-0.15, -0.1) is 0 Å². The fourth-order valence-corrected chi connectivity index (χ4v) is 3.63. The Morgan fingerprint density at radius 3 is 2.26 bits per heavy atom. The van der Waals surface area contributed by atoms with Gasteiger partial charge < -0.3 is 15.6 Å². The first-order valence-corrected chi connectivity index (χ1v) is 9.44. The van der Waals surface area contributed by atoms with Crippen LogP contribution in [0.3, 0.4) is 0 Å². The number of hydrogen-bond acceptors (Lipinski definition) is 2. The molecule has 1 atom stereocenters. The van der Waals surface area contributed by atoms with Crippen molar-refractivity contribution in [3.63, 3.8) is 0 Å². The average molecular weight is 355 g/mol. The van der Waals surface area contributed by atoms with Gasteiger partial charge in [-0.3, -0.25) is 0 Å². The van der Waals surface area contributed by atoms with E-state index in [4.69, 9.17) is 5.73 Å². The van der Waals surface area contributed by atoms with Crippen LogP contribution < -0.4 is 10.6 Å². The second-order valence-corrected chi connectivity index (χ2v) is 7.03. The molecule has 0 aliphatic carbocycles. The van der Waals surface area contributed by atoms with E-state index in [2.05, 4.69) is 101 Å². The second kappa shape index (κ2) is 8.11. The lowest BCUT2D eigenvalue weighted by atomic mass is 10.0. The number of nitrogens with one attached hydrogen (secondary N) is 1. The predicted molar refractivity (Wildman–Crippen MR) is 114 cm³/mol. The Bertz CT molecular complexity index is 976. The van der Waals surface area contributed by atoms with Crippen LogP contribution in [0.25, 0.3) is 10.9 Å². The van der Waals surface area contributed by atoms with Gasteiger partial charge in [0.2, 0.25) is 0 Å². The molecule has 136 valence electrons. The Morgan fingerprint density at radius 2 is 1.48 bits per heavy atom. The number of nitrogens with two attached hydrogens (primary N) is 1. The van der Waals surface area contributed by atoms with Gasteiger partial charge in [0.1, 0.15) is 0 Å². The molecule has 3 nitrogen and oxygen atoms in total. The van der Waals surface area contributed by atoms with Crippen LogP contribution in [0.2, 0.25) is 0 Å². The van der Waals surface area contributed by atoms with Crippen molar-refractivity contribution < 1.29 is 0 Å². The van der Waals surface area contributed by atoms with Crippen LogP contribution in [-0.2, 0) is 13.0 Å². The van der Waals surface area contributed by atoms with Gasteiger partial charge in [-0.05, 0) is 35.7 Å². The lowest BCUT2D eigenvalue weighted by molar-refractivity contribution is 0.629. The molecule has 0 amide bonds. The molecule has 27 heavy (non-hydrogen) atoms. The van der Waals surface area contributed by atoms with Crippen LogP contribution in [0, 0.1) is 0 Å². The highest BCUT2D eigenvalue weighted by molar-refractivity contribution is 5.83. The summed E-state index contributed by atoms with van der Waals surface area (Å²) in [4.78, 5) is 5.72. The molecule has 4 rings (SSSR count). The maximum atomic E-state index is 6.59. The van der Waals surface area contributed by atoms with Crippen molar-refractivity contribution >= 4 is 16.6 Å². The van der Waals surface area contributed by atoms with Crippen molar-refractivity contribution in [2.45, 2.75) is 19.0 Å². The minimum Gasteiger partial charge on any atom is -0.366 e. The first kappa shape index (κ1) is 17.4. The fourth-order valence-electron chi connectivity index (χ4n) is 3.63. The molecule has 0 radical (unpaired) electrons. The monoisotopic (exact) mass is 355 g/mol. The first-order chi connectivity index (χ1) is 13.3. The van der Waals surface area contributed by atoms with E-state index in [1.807, 2.05) is 0 Å². The molecule has 0 aliphatic rings. The summed E-state index contributed by atoms with van der Waals surface area (Å²) in [7, 11) is 0. The zero-order valence-electron chi connectivity index (χ0n) is 15.4. The second-order valence-electron chi connectivity index (χ2n) is 7.03. The Morgan fingerprint density at radius 1 is 0.815 bits per heavy atom. The summed E-state index contributed by atoms with van der Waals surface area (Å²) in [5, 5.41) is 1.27. The highest BCUT2D eigenvalue weighted by Crippen LogP contribution is 2.21. The van der Waals surface area contributed by atoms with Gasteiger partial charge in [0.25, 0.3) is 0 Å². The number of nitrogens with zero attached hydrogens (tertiary/aromatic N) is 1. The quantitative estimate of drug-likeness (QED) is 0.503. The molecule has 3 N–H and O–H groups in total. The van der Waals surface area contributed by atoms with Gasteiger partial charge in [-0.2, -0.15) is 0 Å². The average Bonchev–Trinajstić information content (AvgIpc) is 3.12. The third-order valence-electron chi connectivity index (χ3n) is 4.95. The Balaban J connectivity index is 1.52. The minimum atomic E-state index is 0.0492. The van der Waals surface area contributed by atoms with E-state index < -0.39 is 0 Å². The van der Waals surface area contributed by atoms with E-state index >= 15 is 0 Å². The molecule has 1 heterocycles. The van der Waals surface area contributed by atoms with E-state index in [-0.39, 0.29) is 6.04 Å². The van der Waals surface area contributed by atoms with Gasteiger partial charge in [-0.25, -0.2) is 0 Å². The van der Waals surface area contributed by atoms with Crippen molar-refractivity contribution in [3.8, 4) is 0 Å². The van der Waals surface area contributed by atoms with Gasteiger partial charge in [0.15, 0.2) is 0 Å². The largest absolute Gasteiger partial charge is 0.366 e. The number of rotatable bonds is 7. The Hall–Kier alpha value is -3.04. The SMILES string of the molecule is N[C@@H](Cc1c[nH]c2ccccc12)CN(Cc1ccccc1)c1ccccc1. The number of fused-ring (bicyclic) bond motifs is 1. The van der Waals surface area contributed by atoms with Crippen LogP contribution in [0.5, 0.6) is 0 Å². The highest BCUT2D eigenvalue weighted by Gasteiger charge is 2.14. The molecule has 0 spiro atoms. The highest BCUT2D eigenvalue weighted by atomic mass is 15.1.